The molecule has 1 aromatic heterocycles. The van der Waals surface area contributed by atoms with Gasteiger partial charge in [0.05, 0.1) is 4.47 Å². The third kappa shape index (κ3) is 3.60. The van der Waals surface area contributed by atoms with Crippen LogP contribution in [0.25, 0.3) is 0 Å². The van der Waals surface area contributed by atoms with E-state index in [0.717, 1.165) is 20.9 Å². The van der Waals surface area contributed by atoms with Crippen molar-refractivity contribution in [2.45, 2.75) is 6.54 Å². The van der Waals surface area contributed by atoms with Gasteiger partial charge in [0.15, 0.2) is 0 Å². The number of pyridine rings is 1. The highest BCUT2D eigenvalue weighted by Gasteiger charge is 2.00. The smallest absolute Gasteiger partial charge is 0.145 e. The van der Waals surface area contributed by atoms with E-state index in [4.69, 9.17) is 23.2 Å². The molecule has 1 heterocycles. The quantitative estimate of drug-likeness (QED) is 0.820. The minimum atomic E-state index is 0.450. The number of anilines is 1. The summed E-state index contributed by atoms with van der Waals surface area (Å²) in [5.74, 6) is 0.744. The summed E-state index contributed by atoms with van der Waals surface area (Å²) in [5, 5.41) is 4.37. The molecule has 0 fully saturated rings. The van der Waals surface area contributed by atoms with Crippen molar-refractivity contribution < 1.29 is 0 Å². The van der Waals surface area contributed by atoms with Crippen LogP contribution in [0.2, 0.25) is 10.2 Å². The van der Waals surface area contributed by atoms with Crippen LogP contribution in [-0.4, -0.2) is 4.98 Å². The van der Waals surface area contributed by atoms with Crippen molar-refractivity contribution in [1.29, 1.82) is 0 Å². The molecule has 0 unspecified atom stereocenters. The van der Waals surface area contributed by atoms with Crippen molar-refractivity contribution in [3.05, 3.63) is 56.6 Å². The first-order valence-electron chi connectivity index (χ1n) is 4.95. The van der Waals surface area contributed by atoms with Gasteiger partial charge >= 0.3 is 0 Å². The lowest BCUT2D eigenvalue weighted by atomic mass is 10.2. The first kappa shape index (κ1) is 12.7. The summed E-state index contributed by atoms with van der Waals surface area (Å²) in [6, 6.07) is 11.4. The van der Waals surface area contributed by atoms with Gasteiger partial charge in [-0.1, -0.05) is 35.3 Å². The van der Waals surface area contributed by atoms with E-state index in [-0.39, 0.29) is 0 Å². The molecule has 2 nitrogen and oxygen atoms in total. The Balaban J connectivity index is 2.02. The van der Waals surface area contributed by atoms with Crippen LogP contribution in [0.4, 0.5) is 5.82 Å². The Morgan fingerprint density at radius 3 is 2.41 bits per heavy atom. The highest BCUT2D eigenvalue weighted by molar-refractivity contribution is 9.10. The van der Waals surface area contributed by atoms with Gasteiger partial charge in [-0.3, -0.25) is 0 Å². The van der Waals surface area contributed by atoms with Crippen molar-refractivity contribution >= 4 is 44.9 Å². The maximum absolute atomic E-state index is 5.90. The van der Waals surface area contributed by atoms with E-state index in [9.17, 15) is 0 Å². The number of benzene rings is 1. The van der Waals surface area contributed by atoms with Gasteiger partial charge in [-0.2, -0.15) is 0 Å². The fraction of sp³-hybridized carbons (Fsp3) is 0.0833. The second-order valence-electron chi connectivity index (χ2n) is 3.45. The van der Waals surface area contributed by atoms with Gasteiger partial charge in [0, 0.05) is 11.6 Å². The van der Waals surface area contributed by atoms with Crippen LogP contribution in [0.1, 0.15) is 5.56 Å². The third-order valence-electron chi connectivity index (χ3n) is 2.19. The molecule has 1 aromatic carbocycles. The largest absolute Gasteiger partial charge is 0.366 e. The highest BCUT2D eigenvalue weighted by atomic mass is 79.9. The molecule has 0 saturated carbocycles. The molecule has 1 N–H and O–H groups in total. The van der Waals surface area contributed by atoms with Crippen molar-refractivity contribution in [3.63, 3.8) is 0 Å². The summed E-state index contributed by atoms with van der Waals surface area (Å²) in [5.41, 5.74) is 1.13. The lowest BCUT2D eigenvalue weighted by Crippen LogP contribution is -2.01. The van der Waals surface area contributed by atoms with Crippen LogP contribution < -0.4 is 5.32 Å². The van der Waals surface area contributed by atoms with Crippen LogP contribution in [0, 0.1) is 0 Å². The summed E-state index contributed by atoms with van der Waals surface area (Å²) in [6.45, 7) is 0.683. The van der Waals surface area contributed by atoms with Gasteiger partial charge in [-0.15, -0.1) is 0 Å². The molecule has 0 aliphatic heterocycles. The topological polar surface area (TPSA) is 24.9 Å². The molecule has 0 aliphatic rings. The van der Waals surface area contributed by atoms with Crippen LogP contribution >= 0.6 is 39.1 Å². The molecule has 2 aromatic rings. The highest BCUT2D eigenvalue weighted by Crippen LogP contribution is 2.22. The number of nitrogens with zero attached hydrogens (tertiary/aromatic N) is 1. The van der Waals surface area contributed by atoms with Crippen molar-refractivity contribution in [2.75, 3.05) is 5.32 Å². The van der Waals surface area contributed by atoms with E-state index in [1.807, 2.05) is 36.4 Å². The predicted molar refractivity (Wildman–Crippen MR) is 75.7 cm³/mol. The number of nitrogens with one attached hydrogen (secondary N) is 1. The van der Waals surface area contributed by atoms with Gasteiger partial charge in [0.25, 0.3) is 0 Å². The number of hydrogen-bond acceptors (Lipinski definition) is 2. The minimum Gasteiger partial charge on any atom is -0.366 e. The lowest BCUT2D eigenvalue weighted by Gasteiger charge is -2.06. The molecule has 0 radical (unpaired) electrons. The fourth-order valence-corrected chi connectivity index (χ4v) is 1.81. The van der Waals surface area contributed by atoms with Crippen LogP contribution in [0.15, 0.2) is 40.9 Å². The molecule has 0 aliphatic carbocycles. The Bertz CT molecular complexity index is 514. The van der Waals surface area contributed by atoms with Gasteiger partial charge in [0.2, 0.25) is 0 Å². The standard InChI is InChI=1S/C12H9BrCl2N2/c13-10-5-6-11(17-12(10)15)16-7-8-1-3-9(14)4-2-8/h1-6H,7H2,(H,16,17). The first-order chi connectivity index (χ1) is 8.15. The summed E-state index contributed by atoms with van der Waals surface area (Å²) in [6.07, 6.45) is 0. The van der Waals surface area contributed by atoms with E-state index in [0.29, 0.717) is 11.7 Å². The maximum atomic E-state index is 5.90. The molecule has 0 spiro atoms. The molecule has 17 heavy (non-hydrogen) atoms. The van der Waals surface area contributed by atoms with Crippen LogP contribution in [0.5, 0.6) is 0 Å². The summed E-state index contributed by atoms with van der Waals surface area (Å²) in [4.78, 5) is 4.19. The van der Waals surface area contributed by atoms with E-state index >= 15 is 0 Å². The van der Waals surface area contributed by atoms with E-state index in [2.05, 4.69) is 26.2 Å². The number of aromatic nitrogens is 1. The maximum Gasteiger partial charge on any atom is 0.145 e. The number of rotatable bonds is 3. The zero-order valence-corrected chi connectivity index (χ0v) is 11.9. The van der Waals surface area contributed by atoms with Gasteiger partial charge in [-0.05, 0) is 45.8 Å². The van der Waals surface area contributed by atoms with Gasteiger partial charge < -0.3 is 5.32 Å². The molecular weight excluding hydrogens is 323 g/mol. The molecule has 0 atom stereocenters. The molecule has 5 heteroatoms. The fourth-order valence-electron chi connectivity index (χ4n) is 1.31. The van der Waals surface area contributed by atoms with E-state index in [1.165, 1.54) is 0 Å². The molecule has 88 valence electrons. The Kier molecular flexibility index (Phi) is 4.26. The van der Waals surface area contributed by atoms with Crippen molar-refractivity contribution in [1.82, 2.24) is 4.98 Å². The Hall–Kier alpha value is -0.770. The third-order valence-corrected chi connectivity index (χ3v) is 3.60. The Labute approximate surface area is 118 Å². The van der Waals surface area contributed by atoms with E-state index in [1.54, 1.807) is 0 Å². The van der Waals surface area contributed by atoms with Gasteiger partial charge in [0.1, 0.15) is 11.0 Å². The second-order valence-corrected chi connectivity index (χ2v) is 5.10. The van der Waals surface area contributed by atoms with Crippen molar-refractivity contribution in [3.8, 4) is 0 Å². The molecule has 2 rings (SSSR count). The average Bonchev–Trinajstić information content (AvgIpc) is 2.33. The SMILES string of the molecule is Clc1ccc(CNc2ccc(Br)c(Cl)n2)cc1. The van der Waals surface area contributed by atoms with Crippen LogP contribution in [0.3, 0.4) is 0 Å². The predicted octanol–water partition coefficient (Wildman–Crippen LogP) is 4.76. The first-order valence-corrected chi connectivity index (χ1v) is 6.50. The lowest BCUT2D eigenvalue weighted by molar-refractivity contribution is 1.11. The summed E-state index contributed by atoms with van der Waals surface area (Å²) in [7, 11) is 0. The number of halogens is 3. The zero-order chi connectivity index (χ0) is 12.3. The number of hydrogen-bond donors (Lipinski definition) is 1. The minimum absolute atomic E-state index is 0.450. The summed E-state index contributed by atoms with van der Waals surface area (Å²) < 4.78 is 0.788. The molecular formula is C12H9BrCl2N2. The Morgan fingerprint density at radius 2 is 1.76 bits per heavy atom. The molecule has 0 saturated heterocycles. The molecule has 0 bridgehead atoms. The van der Waals surface area contributed by atoms with Gasteiger partial charge in [-0.25, -0.2) is 4.98 Å². The van der Waals surface area contributed by atoms with E-state index < -0.39 is 0 Å². The molecule has 0 amide bonds. The normalized spacial score (nSPS) is 10.3. The monoisotopic (exact) mass is 330 g/mol. The summed E-state index contributed by atoms with van der Waals surface area (Å²) >= 11 is 15.0. The van der Waals surface area contributed by atoms with Crippen LogP contribution in [-0.2, 0) is 6.54 Å². The Morgan fingerprint density at radius 1 is 1.06 bits per heavy atom. The zero-order valence-electron chi connectivity index (χ0n) is 8.75. The second kappa shape index (κ2) is 5.71. The van der Waals surface area contributed by atoms with Crippen molar-refractivity contribution in [2.24, 2.45) is 0 Å². The average molecular weight is 332 g/mol.